The summed E-state index contributed by atoms with van der Waals surface area (Å²) in [5.41, 5.74) is 3.61. The number of nitrogens with one attached hydrogen (secondary N) is 1. The molecule has 0 aliphatic carbocycles. The molecule has 1 atom stereocenters. The van der Waals surface area contributed by atoms with Gasteiger partial charge < -0.3 is 5.32 Å². The van der Waals surface area contributed by atoms with Gasteiger partial charge in [-0.3, -0.25) is 4.98 Å². The smallest absolute Gasteiger partial charge is 0.0708 e. The largest absolute Gasteiger partial charge is 0.309 e. The van der Waals surface area contributed by atoms with E-state index in [0.717, 1.165) is 24.9 Å². The quantitative estimate of drug-likeness (QED) is 0.827. The summed E-state index contributed by atoms with van der Waals surface area (Å²) in [4.78, 5) is 4.88. The van der Waals surface area contributed by atoms with E-state index in [1.165, 1.54) is 16.6 Å². The Labute approximate surface area is 122 Å². The van der Waals surface area contributed by atoms with Crippen LogP contribution >= 0.6 is 0 Å². The monoisotopic (exact) mass is 270 g/mol. The molecule has 1 N–H and O–H groups in total. The summed E-state index contributed by atoms with van der Waals surface area (Å²) in [7, 11) is 0. The Morgan fingerprint density at radius 1 is 1.20 bits per heavy atom. The van der Waals surface area contributed by atoms with Crippen LogP contribution in [-0.4, -0.2) is 11.5 Å². The van der Waals surface area contributed by atoms with Crippen molar-refractivity contribution in [2.45, 2.75) is 46.6 Å². The van der Waals surface area contributed by atoms with Crippen molar-refractivity contribution in [1.29, 1.82) is 0 Å². The molecule has 1 aromatic carbocycles. The summed E-state index contributed by atoms with van der Waals surface area (Å²) < 4.78 is 0. The lowest BCUT2D eigenvalue weighted by atomic mass is 9.98. The van der Waals surface area contributed by atoms with Gasteiger partial charge in [0.25, 0.3) is 0 Å². The van der Waals surface area contributed by atoms with Gasteiger partial charge >= 0.3 is 0 Å². The molecule has 2 nitrogen and oxygen atoms in total. The predicted octanol–water partition coefficient (Wildman–Crippen LogP) is 4.63. The second kappa shape index (κ2) is 6.85. The van der Waals surface area contributed by atoms with Gasteiger partial charge in [0.2, 0.25) is 0 Å². The van der Waals surface area contributed by atoms with Crippen LogP contribution in [0.2, 0.25) is 0 Å². The van der Waals surface area contributed by atoms with Crippen LogP contribution in [0.3, 0.4) is 0 Å². The SMILES string of the molecule is CCCNC(CC(C)C)c1cc(C)c2ccccc2n1. The highest BCUT2D eigenvalue weighted by Gasteiger charge is 2.15. The van der Waals surface area contributed by atoms with Crippen LogP contribution < -0.4 is 5.32 Å². The first-order valence-corrected chi connectivity index (χ1v) is 7.71. The van der Waals surface area contributed by atoms with Gasteiger partial charge in [-0.1, -0.05) is 39.0 Å². The number of para-hydroxylation sites is 1. The highest BCUT2D eigenvalue weighted by molar-refractivity contribution is 5.82. The fourth-order valence-corrected chi connectivity index (χ4v) is 2.65. The van der Waals surface area contributed by atoms with E-state index >= 15 is 0 Å². The lowest BCUT2D eigenvalue weighted by Gasteiger charge is -2.21. The summed E-state index contributed by atoms with van der Waals surface area (Å²) in [6, 6.07) is 11.0. The van der Waals surface area contributed by atoms with Crippen molar-refractivity contribution < 1.29 is 0 Å². The van der Waals surface area contributed by atoms with Gasteiger partial charge in [-0.2, -0.15) is 0 Å². The van der Waals surface area contributed by atoms with Gasteiger partial charge in [-0.25, -0.2) is 0 Å². The Morgan fingerprint density at radius 2 is 1.95 bits per heavy atom. The molecule has 1 heterocycles. The van der Waals surface area contributed by atoms with Crippen LogP contribution in [0.4, 0.5) is 0 Å². The molecule has 20 heavy (non-hydrogen) atoms. The molecular weight excluding hydrogens is 244 g/mol. The maximum atomic E-state index is 4.88. The minimum atomic E-state index is 0.359. The van der Waals surface area contributed by atoms with Gasteiger partial charge in [-0.15, -0.1) is 0 Å². The molecule has 0 fully saturated rings. The molecule has 2 rings (SSSR count). The Bertz CT molecular complexity index is 560. The van der Waals surface area contributed by atoms with Crippen molar-refractivity contribution in [3.63, 3.8) is 0 Å². The minimum Gasteiger partial charge on any atom is -0.309 e. The molecule has 0 aliphatic rings. The number of aromatic nitrogens is 1. The molecule has 108 valence electrons. The number of fused-ring (bicyclic) bond motifs is 1. The average molecular weight is 270 g/mol. The Hall–Kier alpha value is -1.41. The van der Waals surface area contributed by atoms with E-state index in [1.807, 2.05) is 0 Å². The van der Waals surface area contributed by atoms with Gasteiger partial charge in [0.1, 0.15) is 0 Å². The number of pyridine rings is 1. The highest BCUT2D eigenvalue weighted by atomic mass is 14.9. The molecule has 0 spiro atoms. The van der Waals surface area contributed by atoms with Crippen molar-refractivity contribution >= 4 is 10.9 Å². The van der Waals surface area contributed by atoms with E-state index in [-0.39, 0.29) is 0 Å². The van der Waals surface area contributed by atoms with Crippen LogP contribution in [0.25, 0.3) is 10.9 Å². The third-order valence-electron chi connectivity index (χ3n) is 3.65. The zero-order chi connectivity index (χ0) is 14.5. The van der Waals surface area contributed by atoms with Gasteiger partial charge in [0.05, 0.1) is 11.2 Å². The Morgan fingerprint density at radius 3 is 2.65 bits per heavy atom. The van der Waals surface area contributed by atoms with Crippen LogP contribution in [0, 0.1) is 12.8 Å². The first-order valence-electron chi connectivity index (χ1n) is 7.71. The molecule has 0 radical (unpaired) electrons. The van der Waals surface area contributed by atoms with Crippen LogP contribution in [0.5, 0.6) is 0 Å². The van der Waals surface area contributed by atoms with Crippen molar-refractivity contribution in [2.75, 3.05) is 6.54 Å². The highest BCUT2D eigenvalue weighted by Crippen LogP contribution is 2.24. The third-order valence-corrected chi connectivity index (χ3v) is 3.65. The van der Waals surface area contributed by atoms with Gasteiger partial charge in [0.15, 0.2) is 0 Å². The molecule has 0 aliphatic heterocycles. The maximum absolute atomic E-state index is 4.88. The van der Waals surface area contributed by atoms with Crippen molar-refractivity contribution in [3.8, 4) is 0 Å². The number of aryl methyl sites for hydroxylation is 1. The van der Waals surface area contributed by atoms with E-state index in [9.17, 15) is 0 Å². The Balaban J connectivity index is 2.36. The Kier molecular flexibility index (Phi) is 5.13. The molecule has 2 aromatic rings. The van der Waals surface area contributed by atoms with Crippen LogP contribution in [0.1, 0.15) is 50.9 Å². The minimum absolute atomic E-state index is 0.359. The van der Waals surface area contributed by atoms with Gasteiger partial charge in [-0.05, 0) is 49.9 Å². The van der Waals surface area contributed by atoms with Gasteiger partial charge in [0, 0.05) is 11.4 Å². The van der Waals surface area contributed by atoms with Crippen molar-refractivity contribution in [2.24, 2.45) is 5.92 Å². The molecular formula is C18H26N2. The van der Waals surface area contributed by atoms with Crippen LogP contribution in [0.15, 0.2) is 30.3 Å². The second-order valence-corrected chi connectivity index (χ2v) is 6.02. The predicted molar refractivity (Wildman–Crippen MR) is 87.0 cm³/mol. The van der Waals surface area contributed by atoms with Crippen LogP contribution in [-0.2, 0) is 0 Å². The third kappa shape index (κ3) is 3.57. The normalized spacial score (nSPS) is 13.1. The standard InChI is InChI=1S/C18H26N2/c1-5-10-19-17(11-13(2)3)18-12-14(4)15-8-6-7-9-16(15)20-18/h6-9,12-13,17,19H,5,10-11H2,1-4H3. The average Bonchev–Trinajstić information content (AvgIpc) is 2.43. The topological polar surface area (TPSA) is 24.9 Å². The number of rotatable bonds is 6. The first kappa shape index (κ1) is 15.0. The zero-order valence-corrected chi connectivity index (χ0v) is 13.1. The number of hydrogen-bond donors (Lipinski definition) is 1. The molecule has 0 saturated carbocycles. The molecule has 0 amide bonds. The number of hydrogen-bond acceptors (Lipinski definition) is 2. The molecule has 1 unspecified atom stereocenters. The summed E-state index contributed by atoms with van der Waals surface area (Å²) in [5, 5.41) is 4.91. The first-order chi connectivity index (χ1) is 9.61. The van der Waals surface area contributed by atoms with E-state index in [1.54, 1.807) is 0 Å². The van der Waals surface area contributed by atoms with E-state index in [4.69, 9.17) is 4.98 Å². The lowest BCUT2D eigenvalue weighted by Crippen LogP contribution is -2.24. The molecule has 0 bridgehead atoms. The summed E-state index contributed by atoms with van der Waals surface area (Å²) >= 11 is 0. The second-order valence-electron chi connectivity index (χ2n) is 6.02. The summed E-state index contributed by atoms with van der Waals surface area (Å²) in [6.07, 6.45) is 2.28. The number of nitrogens with zero attached hydrogens (tertiary/aromatic N) is 1. The summed E-state index contributed by atoms with van der Waals surface area (Å²) in [5.74, 6) is 0.665. The maximum Gasteiger partial charge on any atom is 0.0708 e. The molecule has 0 saturated heterocycles. The van der Waals surface area contributed by atoms with E-state index in [2.05, 4.69) is 63.3 Å². The fourth-order valence-electron chi connectivity index (χ4n) is 2.65. The van der Waals surface area contributed by atoms with E-state index in [0.29, 0.717) is 12.0 Å². The fraction of sp³-hybridized carbons (Fsp3) is 0.500. The molecule has 1 aromatic heterocycles. The zero-order valence-electron chi connectivity index (χ0n) is 13.1. The van der Waals surface area contributed by atoms with E-state index < -0.39 is 0 Å². The summed E-state index contributed by atoms with van der Waals surface area (Å²) in [6.45, 7) is 9.98. The molecule has 2 heteroatoms. The van der Waals surface area contributed by atoms with Crippen molar-refractivity contribution in [3.05, 3.63) is 41.6 Å². The number of benzene rings is 1. The lowest BCUT2D eigenvalue weighted by molar-refractivity contribution is 0.423. The van der Waals surface area contributed by atoms with Crippen molar-refractivity contribution in [1.82, 2.24) is 10.3 Å².